The highest BCUT2D eigenvalue weighted by Gasteiger charge is 2.09. The minimum absolute atomic E-state index is 0.0655. The number of hydrogen-bond donors (Lipinski definition) is 2. The van der Waals surface area contributed by atoms with E-state index in [1.807, 2.05) is 25.1 Å². The quantitative estimate of drug-likeness (QED) is 0.787. The van der Waals surface area contributed by atoms with Gasteiger partial charge in [0.1, 0.15) is 0 Å². The summed E-state index contributed by atoms with van der Waals surface area (Å²) in [5, 5.41) is 13.4. The van der Waals surface area contributed by atoms with E-state index in [0.29, 0.717) is 12.4 Å². The molecule has 0 saturated heterocycles. The van der Waals surface area contributed by atoms with Crippen LogP contribution in [-0.2, 0) is 4.79 Å². The molecular formula is C14H18N4O2. The highest BCUT2D eigenvalue weighted by molar-refractivity contribution is 5.93. The van der Waals surface area contributed by atoms with Crippen LogP contribution in [0.25, 0.3) is 11.5 Å². The SMILES string of the molecule is CCCNCC(=O)Nc1cc(-c2nnco2)ccc1C. The molecule has 2 aromatic rings. The Hall–Kier alpha value is -2.21. The maximum Gasteiger partial charge on any atom is 0.247 e. The topological polar surface area (TPSA) is 80.0 Å². The molecule has 2 N–H and O–H groups in total. The van der Waals surface area contributed by atoms with Crippen LogP contribution in [0, 0.1) is 6.92 Å². The summed E-state index contributed by atoms with van der Waals surface area (Å²) in [6.45, 7) is 5.13. The molecule has 1 amide bonds. The summed E-state index contributed by atoms with van der Waals surface area (Å²) in [6, 6.07) is 5.63. The van der Waals surface area contributed by atoms with Crippen molar-refractivity contribution in [3.8, 4) is 11.5 Å². The second-order valence-corrected chi connectivity index (χ2v) is 4.50. The number of amides is 1. The third-order valence-electron chi connectivity index (χ3n) is 2.83. The highest BCUT2D eigenvalue weighted by Crippen LogP contribution is 2.23. The Kier molecular flexibility index (Phi) is 4.84. The fourth-order valence-electron chi connectivity index (χ4n) is 1.76. The Morgan fingerprint density at radius 3 is 2.95 bits per heavy atom. The Labute approximate surface area is 117 Å². The molecule has 0 fully saturated rings. The minimum Gasteiger partial charge on any atom is -0.423 e. The smallest absolute Gasteiger partial charge is 0.247 e. The van der Waals surface area contributed by atoms with Crippen molar-refractivity contribution in [1.82, 2.24) is 15.5 Å². The minimum atomic E-state index is -0.0655. The average molecular weight is 274 g/mol. The van der Waals surface area contributed by atoms with Gasteiger partial charge in [0.25, 0.3) is 0 Å². The fraction of sp³-hybridized carbons (Fsp3) is 0.357. The van der Waals surface area contributed by atoms with Crippen LogP contribution in [0.3, 0.4) is 0 Å². The Morgan fingerprint density at radius 2 is 2.25 bits per heavy atom. The van der Waals surface area contributed by atoms with Gasteiger partial charge >= 0.3 is 0 Å². The number of hydrogen-bond acceptors (Lipinski definition) is 5. The number of aryl methyl sites for hydroxylation is 1. The van der Waals surface area contributed by atoms with Gasteiger partial charge in [-0.1, -0.05) is 13.0 Å². The second-order valence-electron chi connectivity index (χ2n) is 4.50. The first kappa shape index (κ1) is 14.2. The van der Waals surface area contributed by atoms with Gasteiger partial charge in [-0.2, -0.15) is 0 Å². The second kappa shape index (κ2) is 6.81. The van der Waals surface area contributed by atoms with E-state index in [2.05, 4.69) is 27.8 Å². The van der Waals surface area contributed by atoms with Crippen LogP contribution >= 0.6 is 0 Å². The van der Waals surface area contributed by atoms with Crippen molar-refractivity contribution in [2.75, 3.05) is 18.4 Å². The number of benzene rings is 1. The van der Waals surface area contributed by atoms with Crippen LogP contribution in [0.4, 0.5) is 5.69 Å². The predicted molar refractivity (Wildman–Crippen MR) is 76.3 cm³/mol. The van der Waals surface area contributed by atoms with Gasteiger partial charge in [-0.15, -0.1) is 10.2 Å². The summed E-state index contributed by atoms with van der Waals surface area (Å²) in [5.74, 6) is 0.369. The maximum absolute atomic E-state index is 11.8. The van der Waals surface area contributed by atoms with Crippen molar-refractivity contribution in [3.05, 3.63) is 30.2 Å². The molecule has 0 saturated carbocycles. The zero-order valence-corrected chi connectivity index (χ0v) is 11.6. The van der Waals surface area contributed by atoms with E-state index in [0.717, 1.165) is 29.8 Å². The number of carbonyl (C=O) groups excluding carboxylic acids is 1. The molecule has 0 bridgehead atoms. The van der Waals surface area contributed by atoms with Crippen molar-refractivity contribution in [3.63, 3.8) is 0 Å². The average Bonchev–Trinajstić information content (AvgIpc) is 2.95. The van der Waals surface area contributed by atoms with E-state index < -0.39 is 0 Å². The zero-order valence-electron chi connectivity index (χ0n) is 11.6. The third kappa shape index (κ3) is 3.64. The molecule has 1 heterocycles. The number of aromatic nitrogens is 2. The van der Waals surface area contributed by atoms with Crippen LogP contribution in [0.2, 0.25) is 0 Å². The van der Waals surface area contributed by atoms with Gasteiger partial charge in [-0.05, 0) is 37.6 Å². The highest BCUT2D eigenvalue weighted by atomic mass is 16.4. The number of anilines is 1. The van der Waals surface area contributed by atoms with E-state index in [1.165, 1.54) is 6.39 Å². The van der Waals surface area contributed by atoms with Crippen molar-refractivity contribution in [1.29, 1.82) is 0 Å². The number of nitrogens with one attached hydrogen (secondary N) is 2. The van der Waals surface area contributed by atoms with Gasteiger partial charge in [-0.3, -0.25) is 4.79 Å². The first-order valence-electron chi connectivity index (χ1n) is 6.58. The lowest BCUT2D eigenvalue weighted by molar-refractivity contribution is -0.115. The fourth-order valence-corrected chi connectivity index (χ4v) is 1.76. The van der Waals surface area contributed by atoms with E-state index in [4.69, 9.17) is 4.42 Å². The molecule has 0 aliphatic carbocycles. The molecule has 1 aromatic carbocycles. The molecule has 6 nitrogen and oxygen atoms in total. The summed E-state index contributed by atoms with van der Waals surface area (Å²) in [4.78, 5) is 11.8. The third-order valence-corrected chi connectivity index (χ3v) is 2.83. The van der Waals surface area contributed by atoms with Gasteiger partial charge in [0, 0.05) is 11.3 Å². The molecule has 0 aliphatic rings. The Bertz CT molecular complexity index is 567. The first-order valence-corrected chi connectivity index (χ1v) is 6.58. The summed E-state index contributed by atoms with van der Waals surface area (Å²) >= 11 is 0. The summed E-state index contributed by atoms with van der Waals surface area (Å²) in [5.41, 5.74) is 2.52. The molecule has 106 valence electrons. The normalized spacial score (nSPS) is 10.5. The van der Waals surface area contributed by atoms with Gasteiger partial charge in [0.05, 0.1) is 6.54 Å². The largest absolute Gasteiger partial charge is 0.423 e. The lowest BCUT2D eigenvalue weighted by Crippen LogP contribution is -2.28. The molecule has 0 spiro atoms. The summed E-state index contributed by atoms with van der Waals surface area (Å²) in [7, 11) is 0. The standard InChI is InChI=1S/C14H18N4O2/c1-3-6-15-8-13(19)17-12-7-11(5-4-10(12)2)14-18-16-9-20-14/h4-5,7,9,15H,3,6,8H2,1-2H3,(H,17,19). The Morgan fingerprint density at radius 1 is 1.40 bits per heavy atom. The molecule has 20 heavy (non-hydrogen) atoms. The zero-order chi connectivity index (χ0) is 14.4. The molecule has 0 atom stereocenters. The van der Waals surface area contributed by atoms with E-state index in [1.54, 1.807) is 0 Å². The monoisotopic (exact) mass is 274 g/mol. The van der Waals surface area contributed by atoms with Crippen molar-refractivity contribution in [2.45, 2.75) is 20.3 Å². The summed E-state index contributed by atoms with van der Waals surface area (Å²) in [6.07, 6.45) is 2.28. The van der Waals surface area contributed by atoms with E-state index >= 15 is 0 Å². The van der Waals surface area contributed by atoms with E-state index in [9.17, 15) is 4.79 Å². The van der Waals surface area contributed by atoms with Crippen LogP contribution in [0.15, 0.2) is 29.0 Å². The molecule has 2 rings (SSSR count). The lowest BCUT2D eigenvalue weighted by atomic mass is 10.1. The van der Waals surface area contributed by atoms with Gasteiger partial charge in [-0.25, -0.2) is 0 Å². The number of nitrogens with zero attached hydrogens (tertiary/aromatic N) is 2. The van der Waals surface area contributed by atoms with Crippen LogP contribution in [-0.4, -0.2) is 29.2 Å². The number of carbonyl (C=O) groups is 1. The van der Waals surface area contributed by atoms with Crippen molar-refractivity contribution >= 4 is 11.6 Å². The van der Waals surface area contributed by atoms with E-state index in [-0.39, 0.29) is 5.91 Å². The Balaban J connectivity index is 2.07. The first-order chi connectivity index (χ1) is 9.70. The van der Waals surface area contributed by atoms with Gasteiger partial charge in [0.15, 0.2) is 0 Å². The number of rotatable bonds is 6. The summed E-state index contributed by atoms with van der Waals surface area (Å²) < 4.78 is 5.15. The van der Waals surface area contributed by atoms with Crippen LogP contribution in [0.5, 0.6) is 0 Å². The predicted octanol–water partition coefficient (Wildman–Crippen LogP) is 1.98. The molecule has 0 unspecified atom stereocenters. The van der Waals surface area contributed by atoms with Crippen molar-refractivity contribution < 1.29 is 9.21 Å². The molecule has 0 aliphatic heterocycles. The van der Waals surface area contributed by atoms with Crippen molar-refractivity contribution in [2.24, 2.45) is 0 Å². The van der Waals surface area contributed by atoms with Crippen LogP contribution < -0.4 is 10.6 Å². The molecule has 0 radical (unpaired) electrons. The van der Waals surface area contributed by atoms with Gasteiger partial charge in [0.2, 0.25) is 18.2 Å². The molecular weight excluding hydrogens is 256 g/mol. The molecule has 6 heteroatoms. The maximum atomic E-state index is 11.8. The van der Waals surface area contributed by atoms with Crippen LogP contribution in [0.1, 0.15) is 18.9 Å². The molecule has 1 aromatic heterocycles. The lowest BCUT2D eigenvalue weighted by Gasteiger charge is -2.10. The van der Waals surface area contributed by atoms with Gasteiger partial charge < -0.3 is 15.1 Å².